The Bertz CT molecular complexity index is 422. The first-order valence-electron chi connectivity index (χ1n) is 6.34. The summed E-state index contributed by atoms with van der Waals surface area (Å²) < 4.78 is 0. The number of nitrogens with one attached hydrogen (secondary N) is 1. The molecule has 0 unspecified atom stereocenters. The van der Waals surface area contributed by atoms with Crippen molar-refractivity contribution in [3.63, 3.8) is 0 Å². The van der Waals surface area contributed by atoms with Crippen LogP contribution in [-0.4, -0.2) is 11.0 Å². The molecule has 0 aromatic carbocycles. The van der Waals surface area contributed by atoms with Crippen LogP contribution in [0.15, 0.2) is 18.3 Å². The normalized spacial score (nSPS) is 28.4. The van der Waals surface area contributed by atoms with Crippen molar-refractivity contribution in [3.8, 4) is 6.07 Å². The molecule has 1 fully saturated rings. The SMILES string of the molecule is C[C@@H]1[C@H](C)CCC[C@@H]1Nc1ncccc1C#N. The maximum atomic E-state index is 9.04. The van der Waals surface area contributed by atoms with E-state index < -0.39 is 0 Å². The molecule has 0 saturated heterocycles. The highest BCUT2D eigenvalue weighted by Crippen LogP contribution is 2.31. The van der Waals surface area contributed by atoms with Crippen LogP contribution < -0.4 is 5.32 Å². The van der Waals surface area contributed by atoms with Gasteiger partial charge >= 0.3 is 0 Å². The highest BCUT2D eigenvalue weighted by Gasteiger charge is 2.27. The van der Waals surface area contributed by atoms with Gasteiger partial charge in [-0.2, -0.15) is 5.26 Å². The molecule has 0 bridgehead atoms. The Morgan fingerprint density at radius 2 is 2.24 bits per heavy atom. The number of hydrogen-bond acceptors (Lipinski definition) is 3. The Kier molecular flexibility index (Phi) is 3.63. The van der Waals surface area contributed by atoms with E-state index in [2.05, 4.69) is 30.2 Å². The monoisotopic (exact) mass is 229 g/mol. The molecular formula is C14H19N3. The van der Waals surface area contributed by atoms with E-state index in [1.807, 2.05) is 6.07 Å². The molecule has 1 N–H and O–H groups in total. The molecule has 3 atom stereocenters. The third-order valence-electron chi connectivity index (χ3n) is 3.96. The average Bonchev–Trinajstić information content (AvgIpc) is 2.35. The summed E-state index contributed by atoms with van der Waals surface area (Å²) in [5.74, 6) is 2.12. The minimum absolute atomic E-state index is 0.445. The Balaban J connectivity index is 2.12. The summed E-state index contributed by atoms with van der Waals surface area (Å²) in [6, 6.07) is 6.25. The molecule has 3 nitrogen and oxygen atoms in total. The Hall–Kier alpha value is -1.56. The zero-order valence-electron chi connectivity index (χ0n) is 10.5. The molecule has 0 spiro atoms. The first kappa shape index (κ1) is 11.9. The van der Waals surface area contributed by atoms with Crippen LogP contribution in [0.25, 0.3) is 0 Å². The lowest BCUT2D eigenvalue weighted by Crippen LogP contribution is -2.35. The van der Waals surface area contributed by atoms with Crippen LogP contribution >= 0.6 is 0 Å². The third kappa shape index (κ3) is 2.58. The minimum Gasteiger partial charge on any atom is -0.366 e. The number of aromatic nitrogens is 1. The molecular weight excluding hydrogens is 210 g/mol. The molecule has 17 heavy (non-hydrogen) atoms. The van der Waals surface area contributed by atoms with Crippen LogP contribution in [-0.2, 0) is 0 Å². The molecule has 90 valence electrons. The van der Waals surface area contributed by atoms with E-state index in [0.717, 1.165) is 11.7 Å². The summed E-state index contributed by atoms with van der Waals surface area (Å²) in [5.41, 5.74) is 0.637. The highest BCUT2D eigenvalue weighted by atomic mass is 15.0. The maximum absolute atomic E-state index is 9.04. The number of nitrogens with zero attached hydrogens (tertiary/aromatic N) is 2. The summed E-state index contributed by atoms with van der Waals surface area (Å²) in [6.07, 6.45) is 5.48. The number of hydrogen-bond donors (Lipinski definition) is 1. The van der Waals surface area contributed by atoms with Crippen LogP contribution in [0.3, 0.4) is 0 Å². The van der Waals surface area contributed by atoms with Crippen molar-refractivity contribution in [3.05, 3.63) is 23.9 Å². The van der Waals surface area contributed by atoms with Crippen molar-refractivity contribution in [2.24, 2.45) is 11.8 Å². The van der Waals surface area contributed by atoms with Gasteiger partial charge in [-0.1, -0.05) is 26.7 Å². The number of anilines is 1. The molecule has 1 heterocycles. The zero-order valence-corrected chi connectivity index (χ0v) is 10.5. The van der Waals surface area contributed by atoms with E-state index >= 15 is 0 Å². The predicted octanol–water partition coefficient (Wildman–Crippen LogP) is 3.19. The second kappa shape index (κ2) is 5.18. The summed E-state index contributed by atoms with van der Waals surface area (Å²) in [7, 11) is 0. The predicted molar refractivity (Wildman–Crippen MR) is 68.5 cm³/mol. The van der Waals surface area contributed by atoms with Crippen molar-refractivity contribution in [1.82, 2.24) is 4.98 Å². The fourth-order valence-electron chi connectivity index (χ4n) is 2.57. The van der Waals surface area contributed by atoms with E-state index in [1.54, 1.807) is 12.3 Å². The first-order chi connectivity index (χ1) is 8.22. The molecule has 0 radical (unpaired) electrons. The lowest BCUT2D eigenvalue weighted by Gasteiger charge is -2.35. The fraction of sp³-hybridized carbons (Fsp3) is 0.571. The second-order valence-electron chi connectivity index (χ2n) is 5.03. The Labute approximate surface area is 103 Å². The van der Waals surface area contributed by atoms with Gasteiger partial charge in [0, 0.05) is 12.2 Å². The van der Waals surface area contributed by atoms with Gasteiger partial charge < -0.3 is 5.32 Å². The number of rotatable bonds is 2. The Morgan fingerprint density at radius 1 is 1.41 bits per heavy atom. The van der Waals surface area contributed by atoms with Crippen molar-refractivity contribution >= 4 is 5.82 Å². The summed E-state index contributed by atoms with van der Waals surface area (Å²) in [5, 5.41) is 12.5. The van der Waals surface area contributed by atoms with Gasteiger partial charge in [0.1, 0.15) is 11.9 Å². The van der Waals surface area contributed by atoms with Crippen LogP contribution in [0.1, 0.15) is 38.7 Å². The van der Waals surface area contributed by atoms with Crippen molar-refractivity contribution in [2.75, 3.05) is 5.32 Å². The molecule has 2 rings (SSSR count). The first-order valence-corrected chi connectivity index (χ1v) is 6.34. The summed E-state index contributed by atoms with van der Waals surface area (Å²) in [6.45, 7) is 4.60. The lowest BCUT2D eigenvalue weighted by molar-refractivity contribution is 0.253. The molecule has 1 saturated carbocycles. The van der Waals surface area contributed by atoms with E-state index in [1.165, 1.54) is 19.3 Å². The molecule has 1 aliphatic rings. The quantitative estimate of drug-likeness (QED) is 0.847. The second-order valence-corrected chi connectivity index (χ2v) is 5.03. The topological polar surface area (TPSA) is 48.7 Å². The Morgan fingerprint density at radius 3 is 3.00 bits per heavy atom. The van der Waals surface area contributed by atoms with E-state index in [-0.39, 0.29) is 0 Å². The summed E-state index contributed by atoms with van der Waals surface area (Å²) in [4.78, 5) is 4.27. The molecule has 0 aliphatic heterocycles. The van der Waals surface area contributed by atoms with E-state index in [0.29, 0.717) is 17.5 Å². The van der Waals surface area contributed by atoms with Gasteiger partial charge in [0.05, 0.1) is 5.56 Å². The van der Waals surface area contributed by atoms with Gasteiger partial charge in [-0.05, 0) is 30.4 Å². The zero-order chi connectivity index (χ0) is 12.3. The van der Waals surface area contributed by atoms with Gasteiger partial charge in [0.25, 0.3) is 0 Å². The minimum atomic E-state index is 0.445. The average molecular weight is 229 g/mol. The fourth-order valence-corrected chi connectivity index (χ4v) is 2.57. The number of nitriles is 1. The van der Waals surface area contributed by atoms with Crippen molar-refractivity contribution in [2.45, 2.75) is 39.2 Å². The van der Waals surface area contributed by atoms with Crippen LogP contribution in [0.2, 0.25) is 0 Å². The van der Waals surface area contributed by atoms with E-state index in [9.17, 15) is 0 Å². The molecule has 3 heteroatoms. The van der Waals surface area contributed by atoms with Crippen LogP contribution in [0.5, 0.6) is 0 Å². The largest absolute Gasteiger partial charge is 0.366 e. The maximum Gasteiger partial charge on any atom is 0.144 e. The molecule has 1 aromatic heterocycles. The van der Waals surface area contributed by atoms with E-state index in [4.69, 9.17) is 5.26 Å². The van der Waals surface area contributed by atoms with Gasteiger partial charge in [-0.25, -0.2) is 4.98 Å². The smallest absolute Gasteiger partial charge is 0.144 e. The van der Waals surface area contributed by atoms with Crippen molar-refractivity contribution in [1.29, 1.82) is 5.26 Å². The van der Waals surface area contributed by atoms with Crippen LogP contribution in [0.4, 0.5) is 5.82 Å². The van der Waals surface area contributed by atoms with Crippen LogP contribution in [0, 0.1) is 23.2 Å². The third-order valence-corrected chi connectivity index (χ3v) is 3.96. The molecule has 0 amide bonds. The van der Waals surface area contributed by atoms with Gasteiger partial charge in [-0.3, -0.25) is 0 Å². The molecule has 1 aliphatic carbocycles. The van der Waals surface area contributed by atoms with Gasteiger partial charge in [-0.15, -0.1) is 0 Å². The lowest BCUT2D eigenvalue weighted by atomic mass is 9.78. The van der Waals surface area contributed by atoms with Gasteiger partial charge in [0.15, 0.2) is 0 Å². The standard InChI is InChI=1S/C14H19N3/c1-10-5-3-7-13(11(10)2)17-14-12(9-15)6-4-8-16-14/h4,6,8,10-11,13H,3,5,7H2,1-2H3,(H,16,17)/t10-,11-,13+/m1/s1. The molecule has 1 aromatic rings. The number of pyridine rings is 1. The van der Waals surface area contributed by atoms with Crippen molar-refractivity contribution < 1.29 is 0 Å². The van der Waals surface area contributed by atoms with Gasteiger partial charge in [0.2, 0.25) is 0 Å². The summed E-state index contributed by atoms with van der Waals surface area (Å²) >= 11 is 0. The highest BCUT2D eigenvalue weighted by molar-refractivity contribution is 5.51.